The Morgan fingerprint density at radius 3 is 2.57 bits per heavy atom. The van der Waals surface area contributed by atoms with Crippen molar-refractivity contribution in [1.29, 1.82) is 0 Å². The highest BCUT2D eigenvalue weighted by Gasteiger charge is 2.20. The molecule has 0 saturated carbocycles. The van der Waals surface area contributed by atoms with Gasteiger partial charge in [0.2, 0.25) is 5.95 Å². The summed E-state index contributed by atoms with van der Waals surface area (Å²) in [7, 11) is 0. The van der Waals surface area contributed by atoms with Gasteiger partial charge >= 0.3 is 0 Å². The topological polar surface area (TPSA) is 117 Å². The van der Waals surface area contributed by atoms with Gasteiger partial charge in [-0.15, -0.1) is 0 Å². The maximum Gasteiger partial charge on any atom is 0.222 e. The molecule has 0 spiro atoms. The molecule has 0 aliphatic carbocycles. The first kappa shape index (κ1) is 17.0. The Hall–Kier alpha value is -3.85. The monoisotopic (exact) mass is 400 g/mol. The third kappa shape index (κ3) is 2.79. The number of aromatic amines is 1. The summed E-state index contributed by atoms with van der Waals surface area (Å²) in [4.78, 5) is 11.1. The van der Waals surface area contributed by atoms with E-state index in [4.69, 9.17) is 10.5 Å². The van der Waals surface area contributed by atoms with E-state index in [1.807, 2.05) is 36.4 Å². The molecule has 4 aromatic rings. The maximum absolute atomic E-state index is 6.06. The minimum absolute atomic E-state index is 0.255. The van der Waals surface area contributed by atoms with Crippen LogP contribution in [0.2, 0.25) is 0 Å². The summed E-state index contributed by atoms with van der Waals surface area (Å²) in [5.74, 6) is 1.86. The zero-order chi connectivity index (χ0) is 20.1. The zero-order valence-electron chi connectivity index (χ0n) is 16.1. The molecule has 2 aromatic heterocycles. The summed E-state index contributed by atoms with van der Waals surface area (Å²) in [6, 6.07) is 14.2. The third-order valence-electron chi connectivity index (χ3n) is 5.47. The van der Waals surface area contributed by atoms with E-state index in [0.717, 1.165) is 63.9 Å². The van der Waals surface area contributed by atoms with Crippen LogP contribution >= 0.6 is 0 Å². The number of ether oxygens (including phenoxy) is 1. The van der Waals surface area contributed by atoms with Crippen molar-refractivity contribution in [3.8, 4) is 11.3 Å². The van der Waals surface area contributed by atoms with Crippen LogP contribution in [0.1, 0.15) is 0 Å². The van der Waals surface area contributed by atoms with Crippen molar-refractivity contribution in [3.63, 3.8) is 0 Å². The van der Waals surface area contributed by atoms with Gasteiger partial charge in [0, 0.05) is 24.7 Å². The molecule has 0 amide bonds. The quantitative estimate of drug-likeness (QED) is 0.357. The molecule has 2 aliphatic heterocycles. The first-order valence-corrected chi connectivity index (χ1v) is 9.87. The van der Waals surface area contributed by atoms with Crippen molar-refractivity contribution >= 4 is 45.5 Å². The Labute approximate surface area is 172 Å². The Balaban J connectivity index is 1.48. The van der Waals surface area contributed by atoms with Crippen LogP contribution < -0.4 is 21.3 Å². The van der Waals surface area contributed by atoms with E-state index in [1.54, 1.807) is 0 Å². The molecule has 2 aromatic carbocycles. The summed E-state index contributed by atoms with van der Waals surface area (Å²) in [6.45, 7) is 2.94. The van der Waals surface area contributed by atoms with Gasteiger partial charge in [-0.1, -0.05) is 12.1 Å². The van der Waals surface area contributed by atoms with Gasteiger partial charge in [-0.2, -0.15) is 10.1 Å². The number of nitrogens with one attached hydrogen (secondary N) is 3. The summed E-state index contributed by atoms with van der Waals surface area (Å²) in [5.41, 5.74) is 11.6. The second-order valence-corrected chi connectivity index (χ2v) is 7.38. The molecule has 1 fully saturated rings. The number of nitrogens with zero attached hydrogens (tertiary/aromatic N) is 4. The zero-order valence-corrected chi connectivity index (χ0v) is 16.1. The van der Waals surface area contributed by atoms with Crippen molar-refractivity contribution in [2.75, 3.05) is 47.6 Å². The Kier molecular flexibility index (Phi) is 3.75. The maximum atomic E-state index is 6.06. The van der Waals surface area contributed by atoms with Gasteiger partial charge in [0.1, 0.15) is 5.82 Å². The number of anilines is 6. The molecule has 9 heteroatoms. The van der Waals surface area contributed by atoms with Crippen molar-refractivity contribution in [2.24, 2.45) is 0 Å². The first-order valence-electron chi connectivity index (χ1n) is 9.87. The molecular formula is C21H20N8O. The number of nitrogens with two attached hydrogens (primary N) is 1. The van der Waals surface area contributed by atoms with Gasteiger partial charge < -0.3 is 26.0 Å². The van der Waals surface area contributed by atoms with Crippen molar-refractivity contribution < 1.29 is 4.74 Å². The molecule has 1 saturated heterocycles. The molecule has 6 rings (SSSR count). The lowest BCUT2D eigenvalue weighted by Crippen LogP contribution is -2.36. The SMILES string of the molecule is Nc1nc(-c2cc3c4c(n[nH]c4c2)Nc2ccccc2N3)cc(N2CCOCC2)n1. The summed E-state index contributed by atoms with van der Waals surface area (Å²) < 4.78 is 5.45. The van der Waals surface area contributed by atoms with Crippen LogP contribution in [0.25, 0.3) is 22.2 Å². The van der Waals surface area contributed by atoms with E-state index in [2.05, 4.69) is 41.8 Å². The molecule has 0 radical (unpaired) electrons. The standard InChI is InChI=1S/C21H20N8O/c22-21-25-15(11-18(26-21)29-5-7-30-8-6-29)12-9-16-19-17(10-12)27-28-20(19)24-14-4-2-1-3-13(14)23-16/h1-4,9-11,23H,5-8H2,(H2,22,25,26)(H2,24,27,28). The number of hydrogen-bond acceptors (Lipinski definition) is 8. The summed E-state index contributed by atoms with van der Waals surface area (Å²) >= 11 is 0. The predicted molar refractivity (Wildman–Crippen MR) is 118 cm³/mol. The molecule has 0 unspecified atom stereocenters. The number of nitrogen functional groups attached to an aromatic ring is 1. The van der Waals surface area contributed by atoms with Gasteiger partial charge in [0.05, 0.1) is 46.9 Å². The number of H-pyrrole nitrogens is 1. The van der Waals surface area contributed by atoms with E-state index in [0.29, 0.717) is 13.2 Å². The second-order valence-electron chi connectivity index (χ2n) is 7.38. The van der Waals surface area contributed by atoms with Crippen molar-refractivity contribution in [2.45, 2.75) is 0 Å². The van der Waals surface area contributed by atoms with Crippen LogP contribution in [0, 0.1) is 0 Å². The average molecular weight is 400 g/mol. The molecule has 30 heavy (non-hydrogen) atoms. The fraction of sp³-hybridized carbons (Fsp3) is 0.190. The average Bonchev–Trinajstić information content (AvgIpc) is 3.10. The van der Waals surface area contributed by atoms with Gasteiger partial charge in [0.15, 0.2) is 5.82 Å². The lowest BCUT2D eigenvalue weighted by atomic mass is 10.1. The lowest BCUT2D eigenvalue weighted by molar-refractivity contribution is 0.122. The molecule has 5 N–H and O–H groups in total. The fourth-order valence-electron chi connectivity index (χ4n) is 4.02. The van der Waals surface area contributed by atoms with Crippen LogP contribution in [0.15, 0.2) is 42.5 Å². The van der Waals surface area contributed by atoms with E-state index in [-0.39, 0.29) is 5.95 Å². The molecule has 0 bridgehead atoms. The largest absolute Gasteiger partial charge is 0.378 e. The molecule has 150 valence electrons. The molecule has 9 nitrogen and oxygen atoms in total. The van der Waals surface area contributed by atoms with Gasteiger partial charge in [0.25, 0.3) is 0 Å². The molecule has 2 aliphatic rings. The highest BCUT2D eigenvalue weighted by molar-refractivity contribution is 6.07. The van der Waals surface area contributed by atoms with Crippen LogP contribution in [0.5, 0.6) is 0 Å². The Morgan fingerprint density at radius 1 is 0.933 bits per heavy atom. The highest BCUT2D eigenvalue weighted by atomic mass is 16.5. The lowest BCUT2D eigenvalue weighted by Gasteiger charge is -2.28. The minimum Gasteiger partial charge on any atom is -0.378 e. The second kappa shape index (κ2) is 6.60. The molecule has 4 heterocycles. The number of para-hydroxylation sites is 2. The number of benzene rings is 2. The number of rotatable bonds is 2. The van der Waals surface area contributed by atoms with Crippen LogP contribution in [-0.4, -0.2) is 46.5 Å². The van der Waals surface area contributed by atoms with Gasteiger partial charge in [-0.05, 0) is 24.3 Å². The number of aromatic nitrogens is 4. The van der Waals surface area contributed by atoms with Crippen LogP contribution in [0.4, 0.5) is 34.6 Å². The van der Waals surface area contributed by atoms with Gasteiger partial charge in [-0.25, -0.2) is 4.98 Å². The first-order chi connectivity index (χ1) is 14.7. The summed E-state index contributed by atoms with van der Waals surface area (Å²) in [6.07, 6.45) is 0. The van der Waals surface area contributed by atoms with Gasteiger partial charge in [-0.3, -0.25) is 5.10 Å². The Morgan fingerprint density at radius 2 is 1.73 bits per heavy atom. The van der Waals surface area contributed by atoms with E-state index in [9.17, 15) is 0 Å². The van der Waals surface area contributed by atoms with E-state index >= 15 is 0 Å². The smallest absolute Gasteiger partial charge is 0.222 e. The minimum atomic E-state index is 0.255. The summed E-state index contributed by atoms with van der Waals surface area (Å²) in [5, 5.41) is 15.5. The Bertz CT molecular complexity index is 1260. The normalized spacial score (nSPS) is 15.3. The number of morpholine rings is 1. The van der Waals surface area contributed by atoms with Crippen molar-refractivity contribution in [3.05, 3.63) is 42.5 Å². The van der Waals surface area contributed by atoms with Crippen molar-refractivity contribution in [1.82, 2.24) is 20.2 Å². The predicted octanol–water partition coefficient (Wildman–Crippen LogP) is 3.24. The molecule has 0 atom stereocenters. The van der Waals surface area contributed by atoms with Crippen LogP contribution in [0.3, 0.4) is 0 Å². The highest BCUT2D eigenvalue weighted by Crippen LogP contribution is 2.41. The van der Waals surface area contributed by atoms with Crippen LogP contribution in [-0.2, 0) is 4.74 Å². The number of hydrogen-bond donors (Lipinski definition) is 4. The van der Waals surface area contributed by atoms with E-state index in [1.165, 1.54) is 0 Å². The third-order valence-corrected chi connectivity index (χ3v) is 5.47. The number of fused-ring (bicyclic) bond motifs is 1. The fourth-order valence-corrected chi connectivity index (χ4v) is 4.02. The molecular weight excluding hydrogens is 380 g/mol. The van der Waals surface area contributed by atoms with E-state index < -0.39 is 0 Å².